The van der Waals surface area contributed by atoms with Gasteiger partial charge in [-0.1, -0.05) is 19.1 Å². The number of ether oxygens (including phenoxy) is 2. The zero-order chi connectivity index (χ0) is 38.0. The van der Waals surface area contributed by atoms with Gasteiger partial charge in [0.25, 0.3) is 5.91 Å². The number of nitrogens with zero attached hydrogens (tertiary/aromatic N) is 2. The highest BCUT2D eigenvalue weighted by Gasteiger charge is 2.31. The van der Waals surface area contributed by atoms with E-state index in [4.69, 9.17) is 9.47 Å². The number of carbonyl (C=O) groups excluding carboxylic acids is 2. The van der Waals surface area contributed by atoms with Gasteiger partial charge in [-0.3, -0.25) is 9.69 Å². The van der Waals surface area contributed by atoms with Gasteiger partial charge >= 0.3 is 18.2 Å². The molecule has 0 unspecified atom stereocenters. The van der Waals surface area contributed by atoms with Crippen LogP contribution in [0.1, 0.15) is 71.9 Å². The van der Waals surface area contributed by atoms with Crippen molar-refractivity contribution in [3.8, 4) is 5.75 Å². The molecule has 52 heavy (non-hydrogen) atoms. The van der Waals surface area contributed by atoms with Crippen LogP contribution < -0.4 is 15.4 Å². The molecule has 3 amide bonds. The highest BCUT2D eigenvalue weighted by molar-refractivity contribution is 6.02. The number of urea groups is 1. The number of hydrogen-bond donors (Lipinski definition) is 4. The summed E-state index contributed by atoms with van der Waals surface area (Å²) in [4.78, 5) is 42.1. The molecule has 0 bridgehead atoms. The van der Waals surface area contributed by atoms with E-state index in [1.807, 2.05) is 20.9 Å². The number of amides is 3. The van der Waals surface area contributed by atoms with Crippen LogP contribution >= 0.6 is 0 Å². The van der Waals surface area contributed by atoms with Crippen LogP contribution in [0, 0.1) is 5.92 Å². The third-order valence-corrected chi connectivity index (χ3v) is 8.92. The molecule has 0 saturated carbocycles. The number of fused-ring (bicyclic) bond motifs is 1. The number of aromatic carboxylic acids is 1. The molecule has 0 saturated heterocycles. The lowest BCUT2D eigenvalue weighted by Crippen LogP contribution is -2.47. The number of aliphatic hydroxyl groups is 1. The van der Waals surface area contributed by atoms with Crippen molar-refractivity contribution in [1.82, 2.24) is 9.80 Å². The molecule has 282 valence electrons. The monoisotopic (exact) mass is 728 g/mol. The lowest BCUT2D eigenvalue weighted by Gasteiger charge is -2.36. The highest BCUT2D eigenvalue weighted by atomic mass is 19.4. The first-order valence-electron chi connectivity index (χ1n) is 17.2. The molecule has 4 atom stereocenters. The van der Waals surface area contributed by atoms with Gasteiger partial charge in [0, 0.05) is 43.5 Å². The number of hydrogen-bond acceptors (Lipinski definition) is 7. The van der Waals surface area contributed by atoms with Crippen LogP contribution in [0.15, 0.2) is 66.7 Å². The van der Waals surface area contributed by atoms with Crippen molar-refractivity contribution in [2.45, 2.75) is 71.0 Å². The number of rotatable bonds is 9. The smallest absolute Gasteiger partial charge is 0.416 e. The first kappa shape index (κ1) is 40.1. The molecule has 0 spiro atoms. The molecule has 1 heterocycles. The van der Waals surface area contributed by atoms with Gasteiger partial charge in [0.1, 0.15) is 5.75 Å². The Labute approximate surface area is 301 Å². The number of carbonyl (C=O) groups is 3. The minimum Gasteiger partial charge on any atom is -0.490 e. The summed E-state index contributed by atoms with van der Waals surface area (Å²) in [6.07, 6.45) is -2.76. The Morgan fingerprint density at radius 3 is 2.29 bits per heavy atom. The maximum atomic E-state index is 14.4. The summed E-state index contributed by atoms with van der Waals surface area (Å²) < 4.78 is 51.5. The van der Waals surface area contributed by atoms with E-state index in [9.17, 15) is 37.8 Å². The van der Waals surface area contributed by atoms with Crippen molar-refractivity contribution in [3.63, 3.8) is 0 Å². The Morgan fingerprint density at radius 2 is 1.65 bits per heavy atom. The number of aliphatic hydroxyl groups excluding tert-OH is 1. The number of likely N-dealkylation sites (N-methyl/N-ethyl adjacent to an activating group) is 1. The molecule has 4 rings (SSSR count). The third-order valence-electron chi connectivity index (χ3n) is 8.92. The molecule has 3 aromatic rings. The van der Waals surface area contributed by atoms with Crippen molar-refractivity contribution in [3.05, 3.63) is 89.0 Å². The normalized spacial score (nSPS) is 19.6. The van der Waals surface area contributed by atoms with Crippen LogP contribution in [0.2, 0.25) is 0 Å². The Kier molecular flexibility index (Phi) is 14.0. The standard InChI is InChI=1S/C38H47F3N4O7/c1-24-20-45(25(2)23-46)35(47)32-19-31(43-37(50)42-30-14-12-29(13-15-30)38(39,40)41)16-17-33(32)52-26(3)7-5-6-18-51-34(24)22-44(4)21-27-8-10-28(11-9-27)36(48)49/h8-17,19,24-26,34,46H,5-7,18,20-23H2,1-4H3,(H,48,49)(H2,42,43,50)/t24-,25+,26+,34-/m1/s1. The Morgan fingerprint density at radius 1 is 1.00 bits per heavy atom. The van der Waals surface area contributed by atoms with E-state index in [1.54, 1.807) is 48.2 Å². The molecule has 0 aliphatic carbocycles. The summed E-state index contributed by atoms with van der Waals surface area (Å²) >= 11 is 0. The second-order valence-electron chi connectivity index (χ2n) is 13.4. The first-order chi connectivity index (χ1) is 24.6. The largest absolute Gasteiger partial charge is 0.490 e. The van der Waals surface area contributed by atoms with E-state index in [0.717, 1.165) is 42.7 Å². The van der Waals surface area contributed by atoms with Gasteiger partial charge in [0.05, 0.1) is 41.5 Å². The lowest BCUT2D eigenvalue weighted by atomic mass is 10.0. The van der Waals surface area contributed by atoms with Crippen molar-refractivity contribution in [2.75, 3.05) is 44.0 Å². The number of alkyl halides is 3. The number of anilines is 2. The summed E-state index contributed by atoms with van der Waals surface area (Å²) in [5.74, 6) is -1.29. The number of nitrogens with one attached hydrogen (secondary N) is 2. The quantitative estimate of drug-likeness (QED) is 0.185. The van der Waals surface area contributed by atoms with Crippen LogP contribution in [-0.2, 0) is 17.5 Å². The van der Waals surface area contributed by atoms with Crippen LogP contribution in [0.5, 0.6) is 5.75 Å². The molecule has 1 aliphatic heterocycles. The number of halogens is 3. The van der Waals surface area contributed by atoms with Gasteiger partial charge in [0.2, 0.25) is 0 Å². The summed E-state index contributed by atoms with van der Waals surface area (Å²) in [6, 6.07) is 14.1. The fourth-order valence-electron chi connectivity index (χ4n) is 5.94. The Bertz CT molecular complexity index is 1650. The maximum absolute atomic E-state index is 14.4. The van der Waals surface area contributed by atoms with Crippen LogP contribution in [-0.4, -0.2) is 89.5 Å². The van der Waals surface area contributed by atoms with Gasteiger partial charge in [-0.25, -0.2) is 9.59 Å². The average Bonchev–Trinajstić information content (AvgIpc) is 3.09. The fourth-order valence-corrected chi connectivity index (χ4v) is 5.94. The minimum absolute atomic E-state index is 0.146. The zero-order valence-corrected chi connectivity index (χ0v) is 29.8. The van der Waals surface area contributed by atoms with Crippen molar-refractivity contribution in [2.24, 2.45) is 5.92 Å². The molecule has 1 aliphatic rings. The molecule has 3 aromatic carbocycles. The van der Waals surface area contributed by atoms with Crippen molar-refractivity contribution in [1.29, 1.82) is 0 Å². The van der Waals surface area contributed by atoms with Gasteiger partial charge in [0.15, 0.2) is 0 Å². The molecule has 14 heteroatoms. The molecule has 0 radical (unpaired) electrons. The molecule has 11 nitrogen and oxygen atoms in total. The SMILES string of the molecule is C[C@@H]1CN([C@@H](C)CO)C(=O)c2cc(NC(=O)Nc3ccc(C(F)(F)F)cc3)ccc2O[C@@H](C)CCCCO[C@@H]1CN(C)Cc1ccc(C(=O)O)cc1. The first-order valence-corrected chi connectivity index (χ1v) is 17.2. The van der Waals surface area contributed by atoms with Crippen molar-refractivity contribution >= 4 is 29.3 Å². The summed E-state index contributed by atoms with van der Waals surface area (Å²) in [7, 11) is 1.95. The van der Waals surface area contributed by atoms with E-state index in [0.29, 0.717) is 31.9 Å². The topological polar surface area (TPSA) is 141 Å². The zero-order valence-electron chi connectivity index (χ0n) is 29.8. The van der Waals surface area contributed by atoms with E-state index in [2.05, 4.69) is 15.5 Å². The minimum atomic E-state index is -4.51. The second kappa shape index (κ2) is 18.2. The molecular formula is C38H47F3N4O7. The molecule has 4 N–H and O–H groups in total. The Hall–Kier alpha value is -4.66. The molecular weight excluding hydrogens is 681 g/mol. The fraction of sp³-hybridized carbons (Fsp3) is 0.447. The number of carboxylic acids is 1. The van der Waals surface area contributed by atoms with E-state index in [-0.39, 0.29) is 53.8 Å². The Balaban J connectivity index is 1.55. The molecule has 0 aromatic heterocycles. The van der Waals surface area contributed by atoms with Gasteiger partial charge in [-0.05, 0) is 100 Å². The van der Waals surface area contributed by atoms with E-state index >= 15 is 0 Å². The predicted molar refractivity (Wildman–Crippen MR) is 191 cm³/mol. The highest BCUT2D eigenvalue weighted by Crippen LogP contribution is 2.31. The summed E-state index contributed by atoms with van der Waals surface area (Å²) in [6.45, 7) is 7.12. The lowest BCUT2D eigenvalue weighted by molar-refractivity contribution is -0.137. The third kappa shape index (κ3) is 11.4. The number of benzene rings is 3. The van der Waals surface area contributed by atoms with Crippen LogP contribution in [0.3, 0.4) is 0 Å². The van der Waals surface area contributed by atoms with E-state index in [1.165, 1.54) is 6.07 Å². The van der Waals surface area contributed by atoms with Crippen molar-refractivity contribution < 1.29 is 47.2 Å². The maximum Gasteiger partial charge on any atom is 0.416 e. The van der Waals surface area contributed by atoms with Gasteiger partial charge in [-0.2, -0.15) is 13.2 Å². The van der Waals surface area contributed by atoms with Crippen LogP contribution in [0.25, 0.3) is 0 Å². The van der Waals surface area contributed by atoms with Gasteiger partial charge in [-0.15, -0.1) is 0 Å². The second-order valence-corrected chi connectivity index (χ2v) is 13.4. The number of carboxylic acid groups (broad SMARTS) is 1. The van der Waals surface area contributed by atoms with Crippen LogP contribution in [0.4, 0.5) is 29.3 Å². The molecule has 0 fully saturated rings. The summed E-state index contributed by atoms with van der Waals surface area (Å²) in [5, 5.41) is 24.6. The van der Waals surface area contributed by atoms with Gasteiger partial charge < -0.3 is 35.2 Å². The average molecular weight is 729 g/mol. The van der Waals surface area contributed by atoms with E-state index < -0.39 is 35.7 Å². The summed E-state index contributed by atoms with van der Waals surface area (Å²) in [5.41, 5.74) is 0.869. The predicted octanol–water partition coefficient (Wildman–Crippen LogP) is 6.98.